The lowest BCUT2D eigenvalue weighted by molar-refractivity contribution is 0.0662. The van der Waals surface area contributed by atoms with Crippen LogP contribution in [-0.4, -0.2) is 30.3 Å². The normalized spacial score (nSPS) is 22.7. The molecule has 1 saturated carbocycles. The van der Waals surface area contributed by atoms with E-state index in [1.807, 2.05) is 13.0 Å². The molecule has 1 aliphatic heterocycles. The molecule has 4 nitrogen and oxygen atoms in total. The molecule has 104 valence electrons. The molecule has 1 aromatic rings. The van der Waals surface area contributed by atoms with Crippen molar-refractivity contribution in [2.45, 2.75) is 51.3 Å². The number of aromatic nitrogens is 1. The molecule has 1 aromatic heterocycles. The van der Waals surface area contributed by atoms with Crippen LogP contribution in [0.25, 0.3) is 0 Å². The zero-order valence-electron chi connectivity index (χ0n) is 11.5. The first-order valence-electron chi connectivity index (χ1n) is 7.25. The highest BCUT2D eigenvalue weighted by Gasteiger charge is 2.20. The lowest BCUT2D eigenvalue weighted by atomic mass is 10.2. The molecule has 0 bridgehead atoms. The first-order valence-corrected chi connectivity index (χ1v) is 7.25. The third-order valence-electron chi connectivity index (χ3n) is 3.60. The van der Waals surface area contributed by atoms with Gasteiger partial charge in [-0.25, -0.2) is 4.98 Å². The van der Waals surface area contributed by atoms with Crippen LogP contribution in [-0.2, 0) is 11.3 Å². The van der Waals surface area contributed by atoms with Crippen molar-refractivity contribution in [3.8, 4) is 5.88 Å². The van der Waals surface area contributed by atoms with E-state index in [4.69, 9.17) is 9.47 Å². The monoisotopic (exact) mass is 262 g/mol. The van der Waals surface area contributed by atoms with Crippen LogP contribution in [0.5, 0.6) is 5.88 Å². The Morgan fingerprint density at radius 2 is 2.26 bits per heavy atom. The summed E-state index contributed by atoms with van der Waals surface area (Å²) in [6.45, 7) is 4.40. The van der Waals surface area contributed by atoms with Crippen molar-refractivity contribution >= 4 is 0 Å². The molecule has 19 heavy (non-hydrogen) atoms. The van der Waals surface area contributed by atoms with Gasteiger partial charge in [0, 0.05) is 31.0 Å². The van der Waals surface area contributed by atoms with Crippen LogP contribution in [0.3, 0.4) is 0 Å². The highest BCUT2D eigenvalue weighted by molar-refractivity contribution is 5.24. The Morgan fingerprint density at radius 3 is 3.00 bits per heavy atom. The maximum Gasteiger partial charge on any atom is 0.213 e. The molecule has 1 unspecified atom stereocenters. The standard InChI is InChI=1S/C15H22N2O2/c1-11-7-12(9-16-13-4-5-13)8-15(17-11)19-10-14-3-2-6-18-14/h7-8,13-14,16H,2-6,9-10H2,1H3. The molecule has 0 spiro atoms. The van der Waals surface area contributed by atoms with E-state index in [9.17, 15) is 0 Å². The summed E-state index contributed by atoms with van der Waals surface area (Å²) in [6.07, 6.45) is 5.11. The van der Waals surface area contributed by atoms with E-state index in [0.29, 0.717) is 6.61 Å². The van der Waals surface area contributed by atoms with Gasteiger partial charge in [-0.05, 0) is 44.2 Å². The fourth-order valence-electron chi connectivity index (χ4n) is 2.39. The quantitative estimate of drug-likeness (QED) is 0.853. The van der Waals surface area contributed by atoms with Crippen molar-refractivity contribution in [3.05, 3.63) is 23.4 Å². The van der Waals surface area contributed by atoms with E-state index >= 15 is 0 Å². The summed E-state index contributed by atoms with van der Waals surface area (Å²) in [7, 11) is 0. The van der Waals surface area contributed by atoms with Gasteiger partial charge in [0.2, 0.25) is 5.88 Å². The molecule has 2 aliphatic rings. The van der Waals surface area contributed by atoms with Crippen molar-refractivity contribution in [3.63, 3.8) is 0 Å². The first kappa shape index (κ1) is 12.9. The first-order chi connectivity index (χ1) is 9.29. The topological polar surface area (TPSA) is 43.4 Å². The van der Waals surface area contributed by atoms with Gasteiger partial charge in [0.15, 0.2) is 0 Å². The smallest absolute Gasteiger partial charge is 0.213 e. The minimum atomic E-state index is 0.246. The van der Waals surface area contributed by atoms with Gasteiger partial charge in [-0.3, -0.25) is 0 Å². The third kappa shape index (κ3) is 3.91. The number of pyridine rings is 1. The van der Waals surface area contributed by atoms with Crippen LogP contribution in [0.4, 0.5) is 0 Å². The molecule has 2 fully saturated rings. The Kier molecular flexibility index (Phi) is 3.99. The van der Waals surface area contributed by atoms with Gasteiger partial charge in [0.25, 0.3) is 0 Å². The molecule has 1 atom stereocenters. The lowest BCUT2D eigenvalue weighted by Gasteiger charge is -2.12. The van der Waals surface area contributed by atoms with E-state index in [1.54, 1.807) is 0 Å². The van der Waals surface area contributed by atoms with Gasteiger partial charge < -0.3 is 14.8 Å². The predicted octanol–water partition coefficient (Wildman–Crippen LogP) is 2.20. The van der Waals surface area contributed by atoms with Crippen molar-refractivity contribution in [2.75, 3.05) is 13.2 Å². The highest BCUT2D eigenvalue weighted by Crippen LogP contribution is 2.20. The zero-order chi connectivity index (χ0) is 13.1. The second-order valence-corrected chi connectivity index (χ2v) is 5.56. The molecule has 1 saturated heterocycles. The van der Waals surface area contributed by atoms with Crippen LogP contribution in [0.2, 0.25) is 0 Å². The summed E-state index contributed by atoms with van der Waals surface area (Å²) in [4.78, 5) is 4.43. The largest absolute Gasteiger partial charge is 0.475 e. The molecule has 1 aliphatic carbocycles. The molecule has 0 aromatic carbocycles. The van der Waals surface area contributed by atoms with E-state index in [0.717, 1.165) is 43.6 Å². The number of nitrogens with zero attached hydrogens (tertiary/aromatic N) is 1. The summed E-state index contributed by atoms with van der Waals surface area (Å²) in [5.41, 5.74) is 2.26. The Bertz CT molecular complexity index is 426. The van der Waals surface area contributed by atoms with Gasteiger partial charge in [-0.1, -0.05) is 0 Å². The molecule has 3 rings (SSSR count). The maximum absolute atomic E-state index is 5.77. The summed E-state index contributed by atoms with van der Waals surface area (Å²) in [5, 5.41) is 3.52. The summed E-state index contributed by atoms with van der Waals surface area (Å²) < 4.78 is 11.3. The van der Waals surface area contributed by atoms with E-state index in [2.05, 4.69) is 16.4 Å². The Hall–Kier alpha value is -1.13. The second-order valence-electron chi connectivity index (χ2n) is 5.56. The van der Waals surface area contributed by atoms with Crippen LogP contribution in [0, 0.1) is 6.92 Å². The molecular formula is C15H22N2O2. The van der Waals surface area contributed by atoms with E-state index in [1.165, 1.54) is 18.4 Å². The van der Waals surface area contributed by atoms with Crippen LogP contribution in [0.15, 0.2) is 12.1 Å². The number of ether oxygens (including phenoxy) is 2. The SMILES string of the molecule is Cc1cc(CNC2CC2)cc(OCC2CCCO2)n1. The molecule has 2 heterocycles. The fraction of sp³-hybridized carbons (Fsp3) is 0.667. The summed E-state index contributed by atoms with van der Waals surface area (Å²) >= 11 is 0. The van der Waals surface area contributed by atoms with Gasteiger partial charge in [-0.15, -0.1) is 0 Å². The zero-order valence-corrected chi connectivity index (χ0v) is 11.5. The predicted molar refractivity (Wildman–Crippen MR) is 73.3 cm³/mol. The summed E-state index contributed by atoms with van der Waals surface area (Å²) in [6, 6.07) is 4.88. The number of rotatable bonds is 6. The van der Waals surface area contributed by atoms with Gasteiger partial charge in [-0.2, -0.15) is 0 Å². The van der Waals surface area contributed by atoms with E-state index < -0.39 is 0 Å². The number of nitrogens with one attached hydrogen (secondary N) is 1. The van der Waals surface area contributed by atoms with Crippen molar-refractivity contribution in [1.29, 1.82) is 0 Å². The number of hydrogen-bond acceptors (Lipinski definition) is 4. The Balaban J connectivity index is 1.56. The maximum atomic E-state index is 5.77. The molecular weight excluding hydrogens is 240 g/mol. The van der Waals surface area contributed by atoms with E-state index in [-0.39, 0.29) is 6.10 Å². The minimum absolute atomic E-state index is 0.246. The average molecular weight is 262 g/mol. The minimum Gasteiger partial charge on any atom is -0.475 e. The lowest BCUT2D eigenvalue weighted by Crippen LogP contribution is -2.18. The van der Waals surface area contributed by atoms with Gasteiger partial charge in [0.1, 0.15) is 6.61 Å². The highest BCUT2D eigenvalue weighted by atomic mass is 16.5. The van der Waals surface area contributed by atoms with Gasteiger partial charge >= 0.3 is 0 Å². The van der Waals surface area contributed by atoms with Crippen LogP contribution in [0.1, 0.15) is 36.9 Å². The average Bonchev–Trinajstić information content (AvgIpc) is 3.08. The Labute approximate surface area is 114 Å². The van der Waals surface area contributed by atoms with Crippen molar-refractivity contribution < 1.29 is 9.47 Å². The molecule has 0 amide bonds. The molecule has 0 radical (unpaired) electrons. The van der Waals surface area contributed by atoms with Crippen LogP contribution >= 0.6 is 0 Å². The van der Waals surface area contributed by atoms with Crippen molar-refractivity contribution in [1.82, 2.24) is 10.3 Å². The Morgan fingerprint density at radius 1 is 1.37 bits per heavy atom. The van der Waals surface area contributed by atoms with Gasteiger partial charge in [0.05, 0.1) is 6.10 Å². The number of hydrogen-bond donors (Lipinski definition) is 1. The summed E-state index contributed by atoms with van der Waals surface area (Å²) in [5.74, 6) is 0.725. The van der Waals surface area contributed by atoms with Crippen LogP contribution < -0.4 is 10.1 Å². The second kappa shape index (κ2) is 5.88. The molecule has 4 heteroatoms. The van der Waals surface area contributed by atoms with Crippen molar-refractivity contribution in [2.24, 2.45) is 0 Å². The molecule has 1 N–H and O–H groups in total. The number of aryl methyl sites for hydroxylation is 1. The third-order valence-corrected chi connectivity index (χ3v) is 3.60. The fourth-order valence-corrected chi connectivity index (χ4v) is 2.39.